The Labute approximate surface area is 145 Å². The Hall–Kier alpha value is -1.53. The van der Waals surface area contributed by atoms with Gasteiger partial charge in [-0.05, 0) is 30.9 Å². The quantitative estimate of drug-likeness (QED) is 0.389. The molecule has 0 spiro atoms. The monoisotopic (exact) mass is 337 g/mol. The van der Waals surface area contributed by atoms with Gasteiger partial charge in [-0.1, -0.05) is 13.8 Å². The third kappa shape index (κ3) is 7.84. The van der Waals surface area contributed by atoms with Gasteiger partial charge in [-0.25, -0.2) is 0 Å². The molecule has 6 nitrogen and oxygen atoms in total. The van der Waals surface area contributed by atoms with Crippen LogP contribution in [0.1, 0.15) is 32.4 Å². The fourth-order valence-corrected chi connectivity index (χ4v) is 2.38. The molecule has 1 aliphatic rings. The van der Waals surface area contributed by atoms with Crippen LogP contribution in [-0.2, 0) is 15.9 Å². The molecule has 1 atom stereocenters. The van der Waals surface area contributed by atoms with Crippen molar-refractivity contribution in [2.45, 2.75) is 39.2 Å². The molecule has 136 valence electrons. The summed E-state index contributed by atoms with van der Waals surface area (Å²) in [6.07, 6.45) is 4.81. The lowest BCUT2D eigenvalue weighted by Crippen LogP contribution is -2.39. The highest BCUT2D eigenvalue weighted by Gasteiger charge is 2.15. The van der Waals surface area contributed by atoms with E-state index in [0.29, 0.717) is 5.92 Å². The molecule has 2 heterocycles. The number of hydrogen-bond acceptors (Lipinski definition) is 4. The van der Waals surface area contributed by atoms with Gasteiger partial charge in [0.15, 0.2) is 5.96 Å². The molecule has 0 aromatic carbocycles. The van der Waals surface area contributed by atoms with Gasteiger partial charge < -0.3 is 24.5 Å². The van der Waals surface area contributed by atoms with E-state index in [4.69, 9.17) is 13.9 Å². The molecule has 24 heavy (non-hydrogen) atoms. The maximum Gasteiger partial charge on any atom is 0.191 e. The van der Waals surface area contributed by atoms with Crippen molar-refractivity contribution in [3.8, 4) is 0 Å². The SMILES string of the molecule is CC(C)CN=C(NCCCOC1CCOC1)NCCc1ccco1. The molecule has 6 heteroatoms. The molecule has 0 radical (unpaired) electrons. The maximum absolute atomic E-state index is 5.78. The summed E-state index contributed by atoms with van der Waals surface area (Å²) < 4.78 is 16.4. The van der Waals surface area contributed by atoms with Gasteiger partial charge in [0.05, 0.1) is 19.0 Å². The van der Waals surface area contributed by atoms with Gasteiger partial charge in [0.2, 0.25) is 0 Å². The number of nitrogens with zero attached hydrogens (tertiary/aromatic N) is 1. The largest absolute Gasteiger partial charge is 0.469 e. The summed E-state index contributed by atoms with van der Waals surface area (Å²) in [5.41, 5.74) is 0. The minimum atomic E-state index is 0.283. The molecule has 2 rings (SSSR count). The first kappa shape index (κ1) is 18.8. The van der Waals surface area contributed by atoms with Gasteiger partial charge in [0.25, 0.3) is 0 Å². The second-order valence-electron chi connectivity index (χ2n) is 6.48. The summed E-state index contributed by atoms with van der Waals surface area (Å²) >= 11 is 0. The Morgan fingerprint density at radius 2 is 2.25 bits per heavy atom. The minimum Gasteiger partial charge on any atom is -0.469 e. The van der Waals surface area contributed by atoms with E-state index >= 15 is 0 Å². The normalized spacial score (nSPS) is 18.3. The van der Waals surface area contributed by atoms with E-state index in [9.17, 15) is 0 Å². The van der Waals surface area contributed by atoms with Crippen molar-refractivity contribution in [1.82, 2.24) is 10.6 Å². The second kappa shape index (κ2) is 11.1. The third-order valence-electron chi connectivity index (χ3n) is 3.71. The van der Waals surface area contributed by atoms with E-state index < -0.39 is 0 Å². The summed E-state index contributed by atoms with van der Waals surface area (Å²) in [5.74, 6) is 2.39. The van der Waals surface area contributed by atoms with Crippen molar-refractivity contribution in [3.05, 3.63) is 24.2 Å². The molecule has 2 N–H and O–H groups in total. The van der Waals surface area contributed by atoms with Crippen molar-refractivity contribution in [2.24, 2.45) is 10.9 Å². The van der Waals surface area contributed by atoms with E-state index in [1.807, 2.05) is 12.1 Å². The number of rotatable bonds is 10. The topological polar surface area (TPSA) is 68.0 Å². The lowest BCUT2D eigenvalue weighted by molar-refractivity contribution is 0.0420. The molecule has 0 bridgehead atoms. The Kier molecular flexibility index (Phi) is 8.70. The van der Waals surface area contributed by atoms with Crippen LogP contribution in [0.2, 0.25) is 0 Å². The molecule has 0 saturated carbocycles. The first-order valence-corrected chi connectivity index (χ1v) is 8.98. The fraction of sp³-hybridized carbons (Fsp3) is 0.722. The number of aliphatic imine (C=N–C) groups is 1. The molecule has 1 unspecified atom stereocenters. The zero-order valence-corrected chi connectivity index (χ0v) is 14.9. The lowest BCUT2D eigenvalue weighted by atomic mass is 10.2. The Bertz CT molecular complexity index is 454. The van der Waals surface area contributed by atoms with Crippen molar-refractivity contribution in [1.29, 1.82) is 0 Å². The zero-order valence-electron chi connectivity index (χ0n) is 14.9. The predicted octanol–water partition coefficient (Wildman–Crippen LogP) is 2.21. The second-order valence-corrected chi connectivity index (χ2v) is 6.48. The standard InChI is InChI=1S/C18H31N3O3/c1-15(2)13-21-18(20-9-6-16-5-3-10-23-16)19-8-4-11-24-17-7-12-22-14-17/h3,5,10,15,17H,4,6-9,11-14H2,1-2H3,(H2,19,20,21). The van der Waals surface area contributed by atoms with E-state index in [0.717, 1.165) is 70.4 Å². The van der Waals surface area contributed by atoms with Crippen LogP contribution in [0.15, 0.2) is 27.8 Å². The highest BCUT2D eigenvalue weighted by atomic mass is 16.5. The van der Waals surface area contributed by atoms with Gasteiger partial charge in [-0.3, -0.25) is 4.99 Å². The average Bonchev–Trinajstić information content (AvgIpc) is 3.25. The van der Waals surface area contributed by atoms with E-state index in [2.05, 4.69) is 29.5 Å². The summed E-state index contributed by atoms with van der Waals surface area (Å²) in [6, 6.07) is 3.90. The summed E-state index contributed by atoms with van der Waals surface area (Å²) in [5, 5.41) is 6.74. The molecule has 0 aliphatic carbocycles. The van der Waals surface area contributed by atoms with Crippen LogP contribution >= 0.6 is 0 Å². The highest BCUT2D eigenvalue weighted by Crippen LogP contribution is 2.07. The van der Waals surface area contributed by atoms with Crippen LogP contribution in [0, 0.1) is 5.92 Å². The number of hydrogen-bond donors (Lipinski definition) is 2. The summed E-state index contributed by atoms with van der Waals surface area (Å²) in [7, 11) is 0. The molecule has 1 aliphatic heterocycles. The van der Waals surface area contributed by atoms with Crippen LogP contribution in [0.5, 0.6) is 0 Å². The van der Waals surface area contributed by atoms with Gasteiger partial charge in [-0.2, -0.15) is 0 Å². The lowest BCUT2D eigenvalue weighted by Gasteiger charge is -2.14. The first-order chi connectivity index (χ1) is 11.7. The third-order valence-corrected chi connectivity index (χ3v) is 3.71. The Morgan fingerprint density at radius 1 is 1.38 bits per heavy atom. The summed E-state index contributed by atoms with van der Waals surface area (Å²) in [4.78, 5) is 4.62. The number of guanidine groups is 1. The molecular weight excluding hydrogens is 306 g/mol. The Balaban J connectivity index is 1.62. The predicted molar refractivity (Wildman–Crippen MR) is 95.4 cm³/mol. The Morgan fingerprint density at radius 3 is 2.96 bits per heavy atom. The van der Waals surface area contributed by atoms with Crippen molar-refractivity contribution < 1.29 is 13.9 Å². The van der Waals surface area contributed by atoms with Crippen LogP contribution in [0.3, 0.4) is 0 Å². The molecule has 1 saturated heterocycles. The first-order valence-electron chi connectivity index (χ1n) is 8.98. The van der Waals surface area contributed by atoms with Gasteiger partial charge in [0, 0.05) is 39.3 Å². The maximum atomic E-state index is 5.78. The van der Waals surface area contributed by atoms with Crippen LogP contribution < -0.4 is 10.6 Å². The van der Waals surface area contributed by atoms with E-state index in [1.165, 1.54) is 0 Å². The van der Waals surface area contributed by atoms with Gasteiger partial charge >= 0.3 is 0 Å². The molecule has 1 fully saturated rings. The van der Waals surface area contributed by atoms with Crippen LogP contribution in [0.4, 0.5) is 0 Å². The number of furan rings is 1. The zero-order chi connectivity index (χ0) is 17.0. The number of nitrogens with one attached hydrogen (secondary N) is 2. The van der Waals surface area contributed by atoms with Crippen molar-refractivity contribution >= 4 is 5.96 Å². The molecule has 0 amide bonds. The summed E-state index contributed by atoms with van der Waals surface area (Å²) in [6.45, 7) is 9.11. The van der Waals surface area contributed by atoms with Gasteiger partial charge in [-0.15, -0.1) is 0 Å². The van der Waals surface area contributed by atoms with E-state index in [-0.39, 0.29) is 6.10 Å². The van der Waals surface area contributed by atoms with Crippen LogP contribution in [-0.4, -0.2) is 51.5 Å². The smallest absolute Gasteiger partial charge is 0.191 e. The fourth-order valence-electron chi connectivity index (χ4n) is 2.38. The molecule has 1 aromatic rings. The van der Waals surface area contributed by atoms with Crippen molar-refractivity contribution in [3.63, 3.8) is 0 Å². The average molecular weight is 337 g/mol. The molecule has 1 aromatic heterocycles. The van der Waals surface area contributed by atoms with Crippen LogP contribution in [0.25, 0.3) is 0 Å². The highest BCUT2D eigenvalue weighted by molar-refractivity contribution is 5.79. The minimum absolute atomic E-state index is 0.283. The van der Waals surface area contributed by atoms with Crippen molar-refractivity contribution in [2.75, 3.05) is 39.5 Å². The number of ether oxygens (including phenoxy) is 2. The van der Waals surface area contributed by atoms with Gasteiger partial charge in [0.1, 0.15) is 5.76 Å². The van der Waals surface area contributed by atoms with E-state index in [1.54, 1.807) is 6.26 Å². The molecular formula is C18H31N3O3.